The van der Waals surface area contributed by atoms with Gasteiger partial charge in [0.1, 0.15) is 6.23 Å². The van der Waals surface area contributed by atoms with Crippen LogP contribution in [0.3, 0.4) is 0 Å². The summed E-state index contributed by atoms with van der Waals surface area (Å²) in [7, 11) is 0. The van der Waals surface area contributed by atoms with Crippen molar-refractivity contribution < 1.29 is 9.47 Å². The highest BCUT2D eigenvalue weighted by atomic mass is 16.5. The zero-order valence-electron chi connectivity index (χ0n) is 13.0. The predicted octanol–water partition coefficient (Wildman–Crippen LogP) is 1.60. The topological polar surface area (TPSA) is 73.3 Å². The average molecular weight is 316 g/mol. The molecule has 0 radical (unpaired) electrons. The van der Waals surface area contributed by atoms with E-state index in [1.54, 1.807) is 13.1 Å². The Morgan fingerprint density at radius 1 is 1.30 bits per heavy atom. The van der Waals surface area contributed by atoms with Gasteiger partial charge >= 0.3 is 5.69 Å². The third kappa shape index (κ3) is 3.78. The summed E-state index contributed by atoms with van der Waals surface area (Å²) in [5, 5.41) is 0. The standard InChI is InChI=1S/C17H20N2O4/c1-12-8-19(17(21)18-16(12)20)15-7-14(11-23-15)10-22-9-13-5-3-2-4-6-13/h2-6,8,14-15H,7,9-11H2,1H3,(H,18,20,21)/t14-,15-/m1/s1. The summed E-state index contributed by atoms with van der Waals surface area (Å²) in [6.45, 7) is 3.37. The summed E-state index contributed by atoms with van der Waals surface area (Å²) in [5.74, 6) is 0.239. The second kappa shape index (κ2) is 6.93. The first-order chi connectivity index (χ1) is 11.1. The van der Waals surface area contributed by atoms with Crippen molar-refractivity contribution in [2.24, 2.45) is 5.92 Å². The molecule has 23 heavy (non-hydrogen) atoms. The smallest absolute Gasteiger partial charge is 0.330 e. The third-order valence-corrected chi connectivity index (χ3v) is 3.98. The molecule has 0 spiro atoms. The van der Waals surface area contributed by atoms with Crippen molar-refractivity contribution in [2.75, 3.05) is 13.2 Å². The van der Waals surface area contributed by atoms with Gasteiger partial charge in [-0.05, 0) is 18.9 Å². The molecule has 1 aliphatic rings. The normalized spacial score (nSPS) is 20.7. The molecule has 2 aromatic rings. The molecule has 1 saturated heterocycles. The molecule has 0 unspecified atom stereocenters. The highest BCUT2D eigenvalue weighted by Crippen LogP contribution is 2.27. The van der Waals surface area contributed by atoms with Gasteiger partial charge in [-0.1, -0.05) is 30.3 Å². The molecule has 2 heterocycles. The molecule has 1 N–H and O–H groups in total. The first kappa shape index (κ1) is 15.7. The van der Waals surface area contributed by atoms with Gasteiger partial charge < -0.3 is 9.47 Å². The van der Waals surface area contributed by atoms with E-state index >= 15 is 0 Å². The van der Waals surface area contributed by atoms with Crippen LogP contribution in [0.2, 0.25) is 0 Å². The van der Waals surface area contributed by atoms with Gasteiger partial charge in [0.05, 0.1) is 19.8 Å². The van der Waals surface area contributed by atoms with E-state index in [0.717, 1.165) is 5.56 Å². The van der Waals surface area contributed by atoms with Gasteiger partial charge in [-0.25, -0.2) is 4.79 Å². The zero-order valence-corrected chi connectivity index (χ0v) is 13.0. The van der Waals surface area contributed by atoms with Crippen molar-refractivity contribution in [2.45, 2.75) is 26.2 Å². The van der Waals surface area contributed by atoms with Crippen LogP contribution in [0.5, 0.6) is 0 Å². The van der Waals surface area contributed by atoms with Crippen molar-refractivity contribution in [3.63, 3.8) is 0 Å². The molecule has 0 aliphatic carbocycles. The van der Waals surface area contributed by atoms with Gasteiger partial charge in [-0.2, -0.15) is 0 Å². The van der Waals surface area contributed by atoms with Crippen molar-refractivity contribution in [1.82, 2.24) is 9.55 Å². The molecule has 0 amide bonds. The molecular formula is C17H20N2O4. The fraction of sp³-hybridized carbons (Fsp3) is 0.412. The molecule has 1 aromatic carbocycles. The highest BCUT2D eigenvalue weighted by Gasteiger charge is 2.27. The van der Waals surface area contributed by atoms with E-state index in [4.69, 9.17) is 9.47 Å². The van der Waals surface area contributed by atoms with Gasteiger partial charge in [-0.15, -0.1) is 0 Å². The summed E-state index contributed by atoms with van der Waals surface area (Å²) < 4.78 is 12.9. The maximum atomic E-state index is 11.9. The summed E-state index contributed by atoms with van der Waals surface area (Å²) in [6.07, 6.45) is 1.91. The van der Waals surface area contributed by atoms with Gasteiger partial charge in [0.15, 0.2) is 0 Å². The molecule has 0 saturated carbocycles. The Kier molecular flexibility index (Phi) is 4.73. The number of aryl methyl sites for hydroxylation is 1. The molecule has 1 fully saturated rings. The first-order valence-electron chi connectivity index (χ1n) is 7.69. The monoisotopic (exact) mass is 316 g/mol. The second-order valence-corrected chi connectivity index (χ2v) is 5.87. The Labute approximate surface area is 133 Å². The van der Waals surface area contributed by atoms with E-state index in [-0.39, 0.29) is 17.7 Å². The third-order valence-electron chi connectivity index (χ3n) is 3.98. The number of hydrogen-bond acceptors (Lipinski definition) is 4. The van der Waals surface area contributed by atoms with Gasteiger partial charge in [0.25, 0.3) is 5.56 Å². The van der Waals surface area contributed by atoms with E-state index in [0.29, 0.717) is 31.8 Å². The number of nitrogens with zero attached hydrogens (tertiary/aromatic N) is 1. The largest absolute Gasteiger partial charge is 0.376 e. The Morgan fingerprint density at radius 3 is 2.87 bits per heavy atom. The number of ether oxygens (including phenoxy) is 2. The van der Waals surface area contributed by atoms with E-state index < -0.39 is 5.69 Å². The van der Waals surface area contributed by atoms with E-state index in [2.05, 4.69) is 4.98 Å². The first-order valence-corrected chi connectivity index (χ1v) is 7.69. The molecule has 3 rings (SSSR count). The molecule has 1 aromatic heterocycles. The Bertz CT molecular complexity index is 766. The lowest BCUT2D eigenvalue weighted by atomic mass is 10.1. The summed E-state index contributed by atoms with van der Waals surface area (Å²) in [5.41, 5.74) is 0.843. The van der Waals surface area contributed by atoms with Crippen LogP contribution in [0, 0.1) is 12.8 Å². The number of hydrogen-bond donors (Lipinski definition) is 1. The fourth-order valence-electron chi connectivity index (χ4n) is 2.70. The minimum atomic E-state index is -0.434. The van der Waals surface area contributed by atoms with E-state index in [1.807, 2.05) is 30.3 Å². The second-order valence-electron chi connectivity index (χ2n) is 5.87. The minimum Gasteiger partial charge on any atom is -0.376 e. The van der Waals surface area contributed by atoms with Crippen LogP contribution in [0.1, 0.15) is 23.8 Å². The van der Waals surface area contributed by atoms with E-state index in [1.165, 1.54) is 4.57 Å². The van der Waals surface area contributed by atoms with Gasteiger partial charge in [0.2, 0.25) is 0 Å². The van der Waals surface area contributed by atoms with Crippen molar-refractivity contribution >= 4 is 0 Å². The Morgan fingerprint density at radius 2 is 2.09 bits per heavy atom. The van der Waals surface area contributed by atoms with Crippen molar-refractivity contribution in [3.05, 3.63) is 68.5 Å². The molecule has 1 aliphatic heterocycles. The summed E-state index contributed by atoms with van der Waals surface area (Å²) >= 11 is 0. The van der Waals surface area contributed by atoms with Crippen LogP contribution in [0.15, 0.2) is 46.1 Å². The number of benzene rings is 1. The lowest BCUT2D eigenvalue weighted by Crippen LogP contribution is -2.33. The lowest BCUT2D eigenvalue weighted by molar-refractivity contribution is 0.0431. The molecule has 6 nitrogen and oxygen atoms in total. The van der Waals surface area contributed by atoms with E-state index in [9.17, 15) is 9.59 Å². The minimum absolute atomic E-state index is 0.239. The Hall–Kier alpha value is -2.18. The van der Waals surface area contributed by atoms with Crippen LogP contribution in [0.25, 0.3) is 0 Å². The maximum absolute atomic E-state index is 11.9. The molecule has 122 valence electrons. The number of aromatic nitrogens is 2. The maximum Gasteiger partial charge on any atom is 0.330 e. The van der Waals surface area contributed by atoms with Crippen LogP contribution in [-0.2, 0) is 16.1 Å². The van der Waals surface area contributed by atoms with Crippen molar-refractivity contribution in [3.8, 4) is 0 Å². The zero-order chi connectivity index (χ0) is 16.2. The van der Waals surface area contributed by atoms with Gasteiger partial charge in [-0.3, -0.25) is 14.3 Å². The van der Waals surface area contributed by atoms with Crippen LogP contribution in [0.4, 0.5) is 0 Å². The Balaban J connectivity index is 1.55. The van der Waals surface area contributed by atoms with Crippen LogP contribution in [-0.4, -0.2) is 22.8 Å². The molecule has 2 atom stereocenters. The number of nitrogens with one attached hydrogen (secondary N) is 1. The summed E-state index contributed by atoms with van der Waals surface area (Å²) in [6, 6.07) is 9.99. The van der Waals surface area contributed by atoms with Gasteiger partial charge in [0, 0.05) is 17.7 Å². The summed E-state index contributed by atoms with van der Waals surface area (Å²) in [4.78, 5) is 25.6. The van der Waals surface area contributed by atoms with Crippen molar-refractivity contribution in [1.29, 1.82) is 0 Å². The number of rotatable bonds is 5. The molecular weight excluding hydrogens is 296 g/mol. The van der Waals surface area contributed by atoms with Crippen LogP contribution >= 0.6 is 0 Å². The fourth-order valence-corrected chi connectivity index (χ4v) is 2.70. The highest BCUT2D eigenvalue weighted by molar-refractivity contribution is 5.13. The average Bonchev–Trinajstić information content (AvgIpc) is 3.00. The molecule has 6 heteroatoms. The van der Waals surface area contributed by atoms with Crippen LogP contribution < -0.4 is 11.2 Å². The number of H-pyrrole nitrogens is 1. The molecule has 0 bridgehead atoms. The lowest BCUT2D eigenvalue weighted by Gasteiger charge is -2.13. The predicted molar refractivity (Wildman–Crippen MR) is 85.3 cm³/mol. The number of aromatic amines is 1. The SMILES string of the molecule is Cc1cn([C@H]2C[C@H](COCc3ccccc3)CO2)c(=O)[nH]c1=O. The quantitative estimate of drug-likeness (QED) is 0.909.